The van der Waals surface area contributed by atoms with E-state index < -0.39 is 11.8 Å². The molecule has 2 aromatic rings. The number of aromatic carboxylic acids is 1. The van der Waals surface area contributed by atoms with Crippen LogP contribution in [0, 0.1) is 5.82 Å². The van der Waals surface area contributed by atoms with Gasteiger partial charge < -0.3 is 9.67 Å². The van der Waals surface area contributed by atoms with Gasteiger partial charge in [0, 0.05) is 18.0 Å². The van der Waals surface area contributed by atoms with Crippen LogP contribution < -0.4 is 0 Å². The molecule has 4 nitrogen and oxygen atoms in total. The fourth-order valence-electron chi connectivity index (χ4n) is 1.82. The van der Waals surface area contributed by atoms with E-state index in [1.54, 1.807) is 0 Å². The highest BCUT2D eigenvalue weighted by Gasteiger charge is 2.20. The van der Waals surface area contributed by atoms with Crippen LogP contribution in [0.5, 0.6) is 0 Å². The van der Waals surface area contributed by atoms with Gasteiger partial charge in [-0.1, -0.05) is 0 Å². The van der Waals surface area contributed by atoms with Gasteiger partial charge in [-0.2, -0.15) is 0 Å². The van der Waals surface area contributed by atoms with Gasteiger partial charge in [-0.15, -0.1) is 0 Å². The molecule has 82 valence electrons. The monoisotopic (exact) mass is 221 g/mol. The summed E-state index contributed by atoms with van der Waals surface area (Å²) in [6.45, 7) is 0. The molecule has 1 N–H and O–H groups in total. The van der Waals surface area contributed by atoms with Crippen molar-refractivity contribution in [2.24, 2.45) is 7.05 Å². The third kappa shape index (κ3) is 1.29. The SMILES string of the molecule is Cn1c(C(=O)O)c(C=O)c2cc(F)ccc21. The van der Waals surface area contributed by atoms with Gasteiger partial charge >= 0.3 is 5.97 Å². The first kappa shape index (κ1) is 10.4. The van der Waals surface area contributed by atoms with Crippen molar-refractivity contribution >= 4 is 23.2 Å². The zero-order valence-corrected chi connectivity index (χ0v) is 8.40. The minimum absolute atomic E-state index is 0.00417. The van der Waals surface area contributed by atoms with E-state index in [1.807, 2.05) is 0 Å². The Morgan fingerprint density at radius 1 is 1.50 bits per heavy atom. The average molecular weight is 221 g/mol. The quantitative estimate of drug-likeness (QED) is 0.787. The minimum atomic E-state index is -1.21. The van der Waals surface area contributed by atoms with Crippen molar-refractivity contribution in [2.45, 2.75) is 0 Å². The third-order valence-corrected chi connectivity index (χ3v) is 2.52. The molecular formula is C11H8FNO3. The molecule has 0 spiro atoms. The van der Waals surface area contributed by atoms with Crippen molar-refractivity contribution in [1.82, 2.24) is 4.57 Å². The second-order valence-corrected chi connectivity index (χ2v) is 3.41. The Balaban J connectivity index is 2.96. The number of aromatic nitrogens is 1. The van der Waals surface area contributed by atoms with Crippen LogP contribution in [0.15, 0.2) is 18.2 Å². The maximum absolute atomic E-state index is 13.0. The lowest BCUT2D eigenvalue weighted by atomic mass is 10.1. The number of nitrogens with zero attached hydrogens (tertiary/aromatic N) is 1. The van der Waals surface area contributed by atoms with Gasteiger partial charge in [0.15, 0.2) is 6.29 Å². The van der Waals surface area contributed by atoms with Crippen LogP contribution in [0.4, 0.5) is 4.39 Å². The summed E-state index contributed by atoms with van der Waals surface area (Å²) < 4.78 is 14.4. The molecule has 16 heavy (non-hydrogen) atoms. The molecule has 1 aromatic carbocycles. The molecule has 0 aliphatic heterocycles. The summed E-state index contributed by atoms with van der Waals surface area (Å²) in [5.41, 5.74) is 0.390. The van der Waals surface area contributed by atoms with Crippen molar-refractivity contribution in [2.75, 3.05) is 0 Å². The van der Waals surface area contributed by atoms with Gasteiger partial charge in [0.25, 0.3) is 0 Å². The van der Waals surface area contributed by atoms with Crippen LogP contribution in [0.25, 0.3) is 10.9 Å². The number of carbonyl (C=O) groups excluding carboxylic acids is 1. The largest absolute Gasteiger partial charge is 0.477 e. The summed E-state index contributed by atoms with van der Waals surface area (Å²) in [5, 5.41) is 9.29. The van der Waals surface area contributed by atoms with Crippen LogP contribution in [0.2, 0.25) is 0 Å². The predicted molar refractivity (Wildman–Crippen MR) is 55.2 cm³/mol. The van der Waals surface area contributed by atoms with Gasteiger partial charge in [0.05, 0.1) is 5.56 Å². The Kier molecular flexibility index (Phi) is 2.23. The van der Waals surface area contributed by atoms with Gasteiger partial charge in [-0.25, -0.2) is 9.18 Å². The van der Waals surface area contributed by atoms with Crippen LogP contribution in [-0.2, 0) is 7.05 Å². The van der Waals surface area contributed by atoms with Crippen LogP contribution >= 0.6 is 0 Å². The minimum Gasteiger partial charge on any atom is -0.477 e. The molecular weight excluding hydrogens is 213 g/mol. The number of aldehydes is 1. The van der Waals surface area contributed by atoms with E-state index in [4.69, 9.17) is 5.11 Å². The van der Waals surface area contributed by atoms with Crippen molar-refractivity contribution in [3.63, 3.8) is 0 Å². The number of aryl methyl sites for hydroxylation is 1. The maximum Gasteiger partial charge on any atom is 0.353 e. The molecule has 0 saturated heterocycles. The zero-order chi connectivity index (χ0) is 11.9. The fraction of sp³-hybridized carbons (Fsp3) is 0.0909. The van der Waals surface area contributed by atoms with Crippen molar-refractivity contribution in [3.8, 4) is 0 Å². The molecule has 2 rings (SSSR count). The summed E-state index contributed by atoms with van der Waals surface area (Å²) in [6.07, 6.45) is 0.436. The molecule has 0 aliphatic rings. The summed E-state index contributed by atoms with van der Waals surface area (Å²) in [4.78, 5) is 21.9. The normalized spacial score (nSPS) is 10.6. The molecule has 0 bridgehead atoms. The molecule has 0 atom stereocenters. The summed E-state index contributed by atoms with van der Waals surface area (Å²) in [5.74, 6) is -1.71. The second kappa shape index (κ2) is 3.44. The molecule has 0 radical (unpaired) electrons. The Hall–Kier alpha value is -2.17. The van der Waals surface area contributed by atoms with Gasteiger partial charge in [0.1, 0.15) is 11.5 Å². The number of fused-ring (bicyclic) bond motifs is 1. The number of hydrogen-bond acceptors (Lipinski definition) is 2. The Morgan fingerprint density at radius 3 is 2.75 bits per heavy atom. The molecule has 0 amide bonds. The maximum atomic E-state index is 13.0. The Morgan fingerprint density at radius 2 is 2.19 bits per heavy atom. The summed E-state index contributed by atoms with van der Waals surface area (Å²) >= 11 is 0. The molecule has 0 unspecified atom stereocenters. The van der Waals surface area contributed by atoms with E-state index in [1.165, 1.54) is 23.7 Å². The fourth-order valence-corrected chi connectivity index (χ4v) is 1.82. The smallest absolute Gasteiger partial charge is 0.353 e. The molecule has 0 aliphatic carbocycles. The Labute approximate surface area is 89.9 Å². The lowest BCUT2D eigenvalue weighted by Crippen LogP contribution is -2.06. The average Bonchev–Trinajstić information content (AvgIpc) is 2.50. The van der Waals surface area contributed by atoms with E-state index in [2.05, 4.69) is 0 Å². The molecule has 0 fully saturated rings. The lowest BCUT2D eigenvalue weighted by molar-refractivity contribution is 0.0684. The number of benzene rings is 1. The summed E-state index contributed by atoms with van der Waals surface area (Å²) in [7, 11) is 1.52. The summed E-state index contributed by atoms with van der Waals surface area (Å²) in [6, 6.07) is 3.83. The van der Waals surface area contributed by atoms with Crippen molar-refractivity contribution in [3.05, 3.63) is 35.3 Å². The first-order chi connectivity index (χ1) is 7.56. The first-order valence-electron chi connectivity index (χ1n) is 4.52. The number of carboxylic acids is 1. The molecule has 5 heteroatoms. The highest BCUT2D eigenvalue weighted by molar-refractivity contribution is 6.08. The number of hydrogen-bond donors (Lipinski definition) is 1. The van der Waals surface area contributed by atoms with Crippen LogP contribution in [0.3, 0.4) is 0 Å². The number of rotatable bonds is 2. The molecule has 1 heterocycles. The number of carbonyl (C=O) groups is 2. The highest BCUT2D eigenvalue weighted by atomic mass is 19.1. The topological polar surface area (TPSA) is 59.3 Å². The third-order valence-electron chi connectivity index (χ3n) is 2.52. The molecule has 0 saturated carbocycles. The van der Waals surface area contributed by atoms with Crippen LogP contribution in [-0.4, -0.2) is 21.9 Å². The van der Waals surface area contributed by atoms with Crippen LogP contribution in [0.1, 0.15) is 20.8 Å². The standard InChI is InChI=1S/C11H8FNO3/c1-13-9-3-2-6(12)4-7(9)8(5-14)10(13)11(15)16/h2-5H,1H3,(H,15,16). The van der Waals surface area contributed by atoms with E-state index in [-0.39, 0.29) is 11.3 Å². The predicted octanol–water partition coefficient (Wildman–Crippen LogP) is 1.83. The van der Waals surface area contributed by atoms with E-state index >= 15 is 0 Å². The van der Waals surface area contributed by atoms with E-state index in [0.29, 0.717) is 17.2 Å². The van der Waals surface area contributed by atoms with Gasteiger partial charge in [-0.3, -0.25) is 4.79 Å². The molecule has 1 aromatic heterocycles. The zero-order valence-electron chi connectivity index (χ0n) is 8.40. The van der Waals surface area contributed by atoms with E-state index in [0.717, 1.165) is 6.07 Å². The number of halogens is 1. The van der Waals surface area contributed by atoms with Crippen molar-refractivity contribution in [1.29, 1.82) is 0 Å². The highest BCUT2D eigenvalue weighted by Crippen LogP contribution is 2.24. The first-order valence-corrected chi connectivity index (χ1v) is 4.52. The second-order valence-electron chi connectivity index (χ2n) is 3.41. The van der Waals surface area contributed by atoms with Gasteiger partial charge in [0.2, 0.25) is 0 Å². The van der Waals surface area contributed by atoms with E-state index in [9.17, 15) is 14.0 Å². The Bertz CT molecular complexity index is 601. The number of carboxylic acid groups (broad SMARTS) is 1. The van der Waals surface area contributed by atoms with Crippen molar-refractivity contribution < 1.29 is 19.1 Å². The van der Waals surface area contributed by atoms with Gasteiger partial charge in [-0.05, 0) is 18.2 Å². The lowest BCUT2D eigenvalue weighted by Gasteiger charge is -1.98.